The Labute approximate surface area is 108 Å². The Kier molecular flexibility index (Phi) is 9.21. The number of nitrogens with one attached hydrogen (secondary N) is 1. The SMILES string of the molecule is CCCCOCCN/C=C(/C(=O)O)C(=O)I. The second-order valence-electron chi connectivity index (χ2n) is 3.06. The highest BCUT2D eigenvalue weighted by molar-refractivity contribution is 14.1. The maximum absolute atomic E-state index is 10.9. The molecule has 6 heteroatoms. The van der Waals surface area contributed by atoms with Crippen LogP contribution >= 0.6 is 22.6 Å². The normalized spacial score (nSPS) is 11.2. The van der Waals surface area contributed by atoms with Crippen LogP contribution in [0, 0.1) is 0 Å². The summed E-state index contributed by atoms with van der Waals surface area (Å²) in [5.74, 6) is -1.22. The van der Waals surface area contributed by atoms with E-state index in [-0.39, 0.29) is 5.57 Å². The van der Waals surface area contributed by atoms with E-state index < -0.39 is 9.76 Å². The molecule has 0 fully saturated rings. The van der Waals surface area contributed by atoms with Crippen LogP contribution in [-0.4, -0.2) is 34.6 Å². The minimum atomic E-state index is -1.22. The Morgan fingerprint density at radius 3 is 2.62 bits per heavy atom. The quantitative estimate of drug-likeness (QED) is 0.165. The summed E-state index contributed by atoms with van der Waals surface area (Å²) in [6.07, 6.45) is 3.31. The van der Waals surface area contributed by atoms with E-state index in [2.05, 4.69) is 12.2 Å². The Hall–Kier alpha value is -0.630. The first-order chi connectivity index (χ1) is 7.59. The van der Waals surface area contributed by atoms with E-state index >= 15 is 0 Å². The van der Waals surface area contributed by atoms with Gasteiger partial charge in [-0.15, -0.1) is 0 Å². The molecule has 0 aliphatic carbocycles. The van der Waals surface area contributed by atoms with Gasteiger partial charge in [0.2, 0.25) is 3.79 Å². The summed E-state index contributed by atoms with van der Waals surface area (Å²) in [6, 6.07) is 0. The van der Waals surface area contributed by atoms with E-state index in [0.29, 0.717) is 19.8 Å². The van der Waals surface area contributed by atoms with Gasteiger partial charge in [-0.25, -0.2) is 4.79 Å². The lowest BCUT2D eigenvalue weighted by atomic mass is 10.3. The van der Waals surface area contributed by atoms with Crippen LogP contribution in [0.3, 0.4) is 0 Å². The zero-order chi connectivity index (χ0) is 12.4. The Balaban J connectivity index is 3.72. The van der Waals surface area contributed by atoms with E-state index in [0.717, 1.165) is 12.8 Å². The Bertz CT molecular complexity index is 250. The van der Waals surface area contributed by atoms with Gasteiger partial charge in [0, 0.05) is 41.9 Å². The van der Waals surface area contributed by atoms with Crippen molar-refractivity contribution in [2.24, 2.45) is 0 Å². The molecule has 0 saturated heterocycles. The highest BCUT2D eigenvalue weighted by Gasteiger charge is 2.13. The van der Waals surface area contributed by atoms with Crippen LogP contribution in [0.5, 0.6) is 0 Å². The topological polar surface area (TPSA) is 75.6 Å². The molecule has 0 unspecified atom stereocenters. The smallest absolute Gasteiger partial charge is 0.341 e. The second kappa shape index (κ2) is 9.59. The first-order valence-corrected chi connectivity index (χ1v) is 6.11. The summed E-state index contributed by atoms with van der Waals surface area (Å²) >= 11 is 1.44. The van der Waals surface area contributed by atoms with Gasteiger partial charge in [0.05, 0.1) is 6.61 Å². The molecule has 0 bridgehead atoms. The number of ether oxygens (including phenoxy) is 1. The molecule has 5 nitrogen and oxygen atoms in total. The molecule has 0 saturated carbocycles. The van der Waals surface area contributed by atoms with Gasteiger partial charge < -0.3 is 15.2 Å². The molecule has 0 rings (SSSR count). The standard InChI is InChI=1S/C10H16INO4/c1-2-3-5-16-6-4-12-7-8(9(11)13)10(14)15/h7,12H,2-6H2,1H3,(H,14,15)/b8-7+. The highest BCUT2D eigenvalue weighted by Crippen LogP contribution is 2.01. The number of hydrogen-bond acceptors (Lipinski definition) is 4. The molecule has 0 radical (unpaired) electrons. The van der Waals surface area contributed by atoms with E-state index in [9.17, 15) is 9.59 Å². The molecule has 0 amide bonds. The van der Waals surface area contributed by atoms with Crippen molar-refractivity contribution in [1.82, 2.24) is 5.32 Å². The number of carboxylic acids is 1. The number of aliphatic carboxylic acids is 1. The zero-order valence-electron chi connectivity index (χ0n) is 9.16. The van der Waals surface area contributed by atoms with Gasteiger partial charge in [-0.2, -0.15) is 0 Å². The summed E-state index contributed by atoms with van der Waals surface area (Å²) in [7, 11) is 0. The number of carbonyl (C=O) groups excluding carboxylic acids is 1. The van der Waals surface area contributed by atoms with Gasteiger partial charge in [-0.3, -0.25) is 4.79 Å². The molecular formula is C10H16INO4. The Morgan fingerprint density at radius 1 is 1.44 bits per heavy atom. The molecule has 0 aromatic heterocycles. The van der Waals surface area contributed by atoms with E-state index in [1.54, 1.807) is 0 Å². The van der Waals surface area contributed by atoms with Crippen LogP contribution in [0.25, 0.3) is 0 Å². The molecule has 2 N–H and O–H groups in total. The maximum Gasteiger partial charge on any atom is 0.341 e. The summed E-state index contributed by atoms with van der Waals surface area (Å²) in [5, 5.41) is 11.4. The summed E-state index contributed by atoms with van der Waals surface area (Å²) in [5.41, 5.74) is -0.255. The summed E-state index contributed by atoms with van der Waals surface area (Å²) in [6.45, 7) is 3.78. The molecule has 0 aliphatic rings. The fraction of sp³-hybridized carbons (Fsp3) is 0.600. The van der Waals surface area contributed by atoms with Crippen molar-refractivity contribution in [1.29, 1.82) is 0 Å². The molecule has 92 valence electrons. The molecule has 0 atom stereocenters. The minimum absolute atomic E-state index is 0.255. The molecule has 16 heavy (non-hydrogen) atoms. The van der Waals surface area contributed by atoms with Crippen molar-refractivity contribution < 1.29 is 19.4 Å². The van der Waals surface area contributed by atoms with Gasteiger partial charge in [-0.05, 0) is 6.42 Å². The lowest BCUT2D eigenvalue weighted by Gasteiger charge is -2.03. The maximum atomic E-state index is 10.9. The minimum Gasteiger partial charge on any atom is -0.477 e. The van der Waals surface area contributed by atoms with Crippen molar-refractivity contribution in [3.8, 4) is 0 Å². The van der Waals surface area contributed by atoms with Gasteiger partial charge in [0.1, 0.15) is 5.57 Å². The molecule has 0 spiro atoms. The van der Waals surface area contributed by atoms with Crippen molar-refractivity contribution in [2.75, 3.05) is 19.8 Å². The predicted octanol–water partition coefficient (Wildman–Crippen LogP) is 1.32. The molecule has 0 heterocycles. The predicted molar refractivity (Wildman–Crippen MR) is 68.5 cm³/mol. The summed E-state index contributed by atoms with van der Waals surface area (Å²) < 4.78 is 4.75. The van der Waals surface area contributed by atoms with E-state index in [4.69, 9.17) is 9.84 Å². The first-order valence-electron chi connectivity index (χ1n) is 5.04. The first kappa shape index (κ1) is 15.4. The van der Waals surface area contributed by atoms with Crippen LogP contribution in [-0.2, 0) is 14.3 Å². The van der Waals surface area contributed by atoms with Crippen LogP contribution < -0.4 is 5.32 Å². The fourth-order valence-electron chi connectivity index (χ4n) is 0.856. The third-order valence-electron chi connectivity index (χ3n) is 1.72. The van der Waals surface area contributed by atoms with Gasteiger partial charge in [0.15, 0.2) is 0 Å². The van der Waals surface area contributed by atoms with Crippen LogP contribution in [0.2, 0.25) is 0 Å². The molecule has 0 aromatic carbocycles. The number of carbonyl (C=O) groups is 2. The molecule has 0 aromatic rings. The third kappa shape index (κ3) is 7.63. The van der Waals surface area contributed by atoms with Crippen molar-refractivity contribution in [2.45, 2.75) is 19.8 Å². The Morgan fingerprint density at radius 2 is 2.12 bits per heavy atom. The average Bonchev–Trinajstić information content (AvgIpc) is 2.21. The lowest BCUT2D eigenvalue weighted by molar-refractivity contribution is -0.133. The third-order valence-corrected chi connectivity index (χ3v) is 2.30. The number of hydrogen-bond donors (Lipinski definition) is 2. The number of carboxylic acid groups (broad SMARTS) is 1. The highest BCUT2D eigenvalue weighted by atomic mass is 127. The van der Waals surface area contributed by atoms with Crippen molar-refractivity contribution >= 4 is 32.4 Å². The van der Waals surface area contributed by atoms with E-state index in [1.165, 1.54) is 28.8 Å². The summed E-state index contributed by atoms with van der Waals surface area (Å²) in [4.78, 5) is 21.4. The number of halogens is 1. The fourth-order valence-corrected chi connectivity index (χ4v) is 1.24. The lowest BCUT2D eigenvalue weighted by Crippen LogP contribution is -2.18. The van der Waals surface area contributed by atoms with Gasteiger partial charge >= 0.3 is 5.97 Å². The zero-order valence-corrected chi connectivity index (χ0v) is 11.3. The molecule has 0 aliphatic heterocycles. The largest absolute Gasteiger partial charge is 0.477 e. The number of rotatable bonds is 9. The monoisotopic (exact) mass is 341 g/mol. The second-order valence-corrected chi connectivity index (χ2v) is 4.04. The van der Waals surface area contributed by atoms with Crippen molar-refractivity contribution in [3.63, 3.8) is 0 Å². The van der Waals surface area contributed by atoms with Crippen LogP contribution in [0.4, 0.5) is 0 Å². The average molecular weight is 341 g/mol. The van der Waals surface area contributed by atoms with Gasteiger partial charge in [0.25, 0.3) is 0 Å². The van der Waals surface area contributed by atoms with E-state index in [1.807, 2.05) is 0 Å². The van der Waals surface area contributed by atoms with Crippen LogP contribution in [0.15, 0.2) is 11.8 Å². The molecular weight excluding hydrogens is 325 g/mol. The number of unbranched alkanes of at least 4 members (excludes halogenated alkanes) is 1. The van der Waals surface area contributed by atoms with Gasteiger partial charge in [-0.1, -0.05) is 13.3 Å². The van der Waals surface area contributed by atoms with Crippen LogP contribution in [0.1, 0.15) is 19.8 Å². The van der Waals surface area contributed by atoms with Crippen molar-refractivity contribution in [3.05, 3.63) is 11.8 Å².